The number of esters is 1. The van der Waals surface area contributed by atoms with Gasteiger partial charge in [0, 0.05) is 18.5 Å². The summed E-state index contributed by atoms with van der Waals surface area (Å²) in [6.07, 6.45) is -3.47. The molecule has 0 aliphatic rings. The van der Waals surface area contributed by atoms with E-state index in [0.29, 0.717) is 16.7 Å². The highest BCUT2D eigenvalue weighted by Gasteiger charge is 2.35. The first kappa shape index (κ1) is 34.5. The number of rotatable bonds is 13. The average molecular weight is 611 g/mol. The number of aliphatic hydroxyl groups is 2. The molecule has 14 heteroatoms. The Bertz CT molecular complexity index is 1330. The molecule has 0 aliphatic carbocycles. The summed E-state index contributed by atoms with van der Waals surface area (Å²) in [6, 6.07) is 7.22. The Labute approximate surface area is 245 Å². The van der Waals surface area contributed by atoms with Crippen molar-refractivity contribution in [3.63, 3.8) is 0 Å². The summed E-state index contributed by atoms with van der Waals surface area (Å²) in [5, 5.41) is 24.2. The lowest BCUT2D eigenvalue weighted by Crippen LogP contribution is -2.49. The SMILES string of the molecule is COC(=O)[C@H](C[C@@H](OS(=O)(=O)c1ccc(C)cc1)C(=O)NCc1c(CO)cc(CO)cc1OC)NC(=O)OC(C)(C)C. The second-order valence-corrected chi connectivity index (χ2v) is 11.9. The van der Waals surface area contributed by atoms with Gasteiger partial charge < -0.3 is 35.1 Å². The van der Waals surface area contributed by atoms with Crippen molar-refractivity contribution < 1.29 is 51.4 Å². The number of carbonyl (C=O) groups is 3. The lowest BCUT2D eigenvalue weighted by atomic mass is 10.0. The van der Waals surface area contributed by atoms with Crippen LogP contribution in [0, 0.1) is 6.92 Å². The quantitative estimate of drug-likeness (QED) is 0.191. The van der Waals surface area contributed by atoms with Crippen molar-refractivity contribution in [1.29, 1.82) is 0 Å². The van der Waals surface area contributed by atoms with E-state index in [4.69, 9.17) is 18.4 Å². The number of hydrogen-bond acceptors (Lipinski definition) is 11. The summed E-state index contributed by atoms with van der Waals surface area (Å²) in [4.78, 5) is 38.2. The maximum atomic E-state index is 13.4. The Morgan fingerprint density at radius 1 is 1.00 bits per heavy atom. The van der Waals surface area contributed by atoms with Crippen molar-refractivity contribution >= 4 is 28.1 Å². The number of carbonyl (C=O) groups excluding carboxylic acids is 3. The third-order valence-electron chi connectivity index (χ3n) is 5.84. The molecule has 4 N–H and O–H groups in total. The fraction of sp³-hybridized carbons (Fsp3) is 0.464. The Morgan fingerprint density at radius 3 is 2.17 bits per heavy atom. The number of ether oxygens (including phenoxy) is 3. The minimum Gasteiger partial charge on any atom is -0.496 e. The lowest BCUT2D eigenvalue weighted by molar-refractivity contribution is -0.144. The second-order valence-electron chi connectivity index (χ2n) is 10.3. The van der Waals surface area contributed by atoms with E-state index in [1.807, 2.05) is 0 Å². The molecule has 232 valence electrons. The first-order valence-corrected chi connectivity index (χ1v) is 14.3. The average Bonchev–Trinajstić information content (AvgIpc) is 2.93. The Kier molecular flexibility index (Phi) is 12.3. The maximum absolute atomic E-state index is 13.4. The fourth-order valence-electron chi connectivity index (χ4n) is 3.79. The highest BCUT2D eigenvalue weighted by molar-refractivity contribution is 7.86. The molecule has 0 radical (unpaired) electrons. The molecule has 13 nitrogen and oxygen atoms in total. The third-order valence-corrected chi connectivity index (χ3v) is 7.18. The van der Waals surface area contributed by atoms with Crippen molar-refractivity contribution in [2.45, 2.75) is 76.5 Å². The smallest absolute Gasteiger partial charge is 0.408 e. The van der Waals surface area contributed by atoms with E-state index in [2.05, 4.69) is 10.6 Å². The zero-order chi connectivity index (χ0) is 31.7. The summed E-state index contributed by atoms with van der Waals surface area (Å²) in [6.45, 7) is 5.58. The molecule has 0 fully saturated rings. The molecule has 2 rings (SSSR count). The van der Waals surface area contributed by atoms with Crippen LogP contribution in [0.25, 0.3) is 0 Å². The molecule has 0 aromatic heterocycles. The lowest BCUT2D eigenvalue weighted by Gasteiger charge is -2.25. The summed E-state index contributed by atoms with van der Waals surface area (Å²) < 4.78 is 46.9. The third kappa shape index (κ3) is 9.98. The standard InChI is InChI=1S/C28H38N2O11S/c1-17-7-9-20(10-8-17)42(36,37)41-24(13-22(26(34)39-6)30-27(35)40-28(2,3)4)25(33)29-14-21-19(16-32)11-18(15-31)12-23(21)38-5/h7-12,22,24,31-32H,13-16H2,1-6H3,(H,29,33)(H,30,35)/t22-,24+/m0/s1. The van der Waals surface area contributed by atoms with Gasteiger partial charge in [-0.2, -0.15) is 8.42 Å². The highest BCUT2D eigenvalue weighted by Crippen LogP contribution is 2.26. The van der Waals surface area contributed by atoms with Gasteiger partial charge in [-0.25, -0.2) is 9.59 Å². The van der Waals surface area contributed by atoms with Crippen molar-refractivity contribution in [2.75, 3.05) is 14.2 Å². The first-order chi connectivity index (χ1) is 19.6. The molecule has 2 amide bonds. The van der Waals surface area contributed by atoms with E-state index >= 15 is 0 Å². The van der Waals surface area contributed by atoms with E-state index < -0.39 is 58.9 Å². The zero-order valence-corrected chi connectivity index (χ0v) is 25.2. The molecule has 0 bridgehead atoms. The zero-order valence-electron chi connectivity index (χ0n) is 24.4. The predicted molar refractivity (Wildman–Crippen MR) is 150 cm³/mol. The molecule has 0 heterocycles. The van der Waals surface area contributed by atoms with E-state index in [1.54, 1.807) is 39.8 Å². The number of hydrogen-bond donors (Lipinski definition) is 4. The molecule has 0 saturated heterocycles. The van der Waals surface area contributed by atoms with Crippen LogP contribution >= 0.6 is 0 Å². The van der Waals surface area contributed by atoms with Crippen LogP contribution in [-0.4, -0.2) is 68.6 Å². The van der Waals surface area contributed by atoms with Gasteiger partial charge in [0.15, 0.2) is 6.10 Å². The number of aryl methyl sites for hydroxylation is 1. The van der Waals surface area contributed by atoms with Crippen LogP contribution in [0.1, 0.15) is 49.4 Å². The van der Waals surface area contributed by atoms with Crippen LogP contribution < -0.4 is 15.4 Å². The number of aliphatic hydroxyl groups excluding tert-OH is 2. The number of amides is 2. The summed E-state index contributed by atoms with van der Waals surface area (Å²) in [7, 11) is -2.10. The normalized spacial score (nSPS) is 13.0. The van der Waals surface area contributed by atoms with Gasteiger partial charge in [-0.15, -0.1) is 0 Å². The van der Waals surface area contributed by atoms with Gasteiger partial charge >= 0.3 is 12.1 Å². The predicted octanol–water partition coefficient (Wildman–Crippen LogP) is 1.83. The molecular weight excluding hydrogens is 572 g/mol. The van der Waals surface area contributed by atoms with Gasteiger partial charge in [-0.05, 0) is 57.0 Å². The van der Waals surface area contributed by atoms with Gasteiger partial charge in [-0.1, -0.05) is 23.8 Å². The topological polar surface area (TPSA) is 187 Å². The van der Waals surface area contributed by atoms with Gasteiger partial charge in [0.25, 0.3) is 16.0 Å². The Morgan fingerprint density at radius 2 is 1.64 bits per heavy atom. The van der Waals surface area contributed by atoms with E-state index in [9.17, 15) is 33.0 Å². The molecule has 0 aliphatic heterocycles. The number of alkyl carbamates (subject to hydrolysis) is 1. The highest BCUT2D eigenvalue weighted by atomic mass is 32.2. The summed E-state index contributed by atoms with van der Waals surface area (Å²) >= 11 is 0. The maximum Gasteiger partial charge on any atom is 0.408 e. The van der Waals surface area contributed by atoms with Gasteiger partial charge in [0.1, 0.15) is 17.4 Å². The van der Waals surface area contributed by atoms with Crippen LogP contribution in [-0.2, 0) is 53.1 Å². The van der Waals surface area contributed by atoms with Gasteiger partial charge in [0.2, 0.25) is 0 Å². The molecule has 2 atom stereocenters. The van der Waals surface area contributed by atoms with Crippen molar-refractivity contribution in [1.82, 2.24) is 10.6 Å². The Hall–Kier alpha value is -3.72. The number of benzene rings is 2. The summed E-state index contributed by atoms with van der Waals surface area (Å²) in [5.74, 6) is -1.67. The van der Waals surface area contributed by atoms with Crippen LogP contribution in [0.5, 0.6) is 5.75 Å². The molecule has 0 saturated carbocycles. The van der Waals surface area contributed by atoms with Crippen LogP contribution in [0.3, 0.4) is 0 Å². The van der Waals surface area contributed by atoms with E-state index in [1.165, 1.54) is 31.4 Å². The van der Waals surface area contributed by atoms with Crippen molar-refractivity contribution in [3.8, 4) is 5.75 Å². The van der Waals surface area contributed by atoms with Crippen LogP contribution in [0.15, 0.2) is 41.3 Å². The van der Waals surface area contributed by atoms with E-state index in [0.717, 1.165) is 12.7 Å². The number of methoxy groups -OCH3 is 2. The second kappa shape index (κ2) is 15.0. The molecule has 0 unspecified atom stereocenters. The molecule has 2 aromatic rings. The fourth-order valence-corrected chi connectivity index (χ4v) is 4.85. The van der Waals surface area contributed by atoms with E-state index in [-0.39, 0.29) is 23.8 Å². The van der Waals surface area contributed by atoms with Crippen LogP contribution in [0.2, 0.25) is 0 Å². The van der Waals surface area contributed by atoms with Gasteiger partial charge in [-0.3, -0.25) is 8.98 Å². The molecule has 0 spiro atoms. The summed E-state index contributed by atoms with van der Waals surface area (Å²) in [5.41, 5.74) is 1.05. The number of nitrogens with one attached hydrogen (secondary N) is 2. The molecule has 2 aromatic carbocycles. The largest absolute Gasteiger partial charge is 0.496 e. The molecular formula is C28H38N2O11S. The Balaban J connectivity index is 2.42. The van der Waals surface area contributed by atoms with Crippen LogP contribution in [0.4, 0.5) is 4.79 Å². The van der Waals surface area contributed by atoms with Crippen molar-refractivity contribution in [2.24, 2.45) is 0 Å². The monoisotopic (exact) mass is 610 g/mol. The van der Waals surface area contributed by atoms with Gasteiger partial charge in [0.05, 0.1) is 32.3 Å². The minimum atomic E-state index is -4.52. The molecule has 42 heavy (non-hydrogen) atoms. The first-order valence-electron chi connectivity index (χ1n) is 12.9. The van der Waals surface area contributed by atoms with Crippen molar-refractivity contribution in [3.05, 3.63) is 58.7 Å². The minimum absolute atomic E-state index is 0.232.